The van der Waals surface area contributed by atoms with E-state index >= 15 is 0 Å². The molecule has 0 fully saturated rings. The van der Waals surface area contributed by atoms with Gasteiger partial charge in [0, 0.05) is 5.41 Å². The zero-order valence-corrected chi connectivity index (χ0v) is 20.7. The van der Waals surface area contributed by atoms with E-state index in [0.29, 0.717) is 39.6 Å². The van der Waals surface area contributed by atoms with E-state index in [2.05, 4.69) is 13.8 Å². The third-order valence-electron chi connectivity index (χ3n) is 3.75. The summed E-state index contributed by atoms with van der Waals surface area (Å²) < 4.78 is 35.1. The Hall–Kier alpha value is -0.240. The lowest BCUT2D eigenvalue weighted by atomic mass is 9.96. The topological polar surface area (TPSA) is 55.4 Å². The minimum absolute atomic E-state index is 0.0638. The van der Waals surface area contributed by atoms with Gasteiger partial charge in [0.25, 0.3) is 0 Å². The molecule has 0 aliphatic heterocycles. The van der Waals surface area contributed by atoms with Gasteiger partial charge < -0.3 is 28.4 Å². The summed E-state index contributed by atoms with van der Waals surface area (Å²) in [7, 11) is 0. The minimum Gasteiger partial charge on any atom is -0.378 e. The number of ether oxygens (including phenoxy) is 6. The van der Waals surface area contributed by atoms with Crippen LogP contribution in [0.2, 0.25) is 0 Å². The normalized spacial score (nSPS) is 15.1. The second kappa shape index (κ2) is 15.5. The van der Waals surface area contributed by atoms with Gasteiger partial charge in [0.15, 0.2) is 0 Å². The highest BCUT2D eigenvalue weighted by atomic mass is 16.6. The molecule has 0 bridgehead atoms. The lowest BCUT2D eigenvalue weighted by Gasteiger charge is -2.28. The van der Waals surface area contributed by atoms with Crippen LogP contribution >= 0.6 is 0 Å². The summed E-state index contributed by atoms with van der Waals surface area (Å²) in [5, 5.41) is 0. The summed E-state index contributed by atoms with van der Waals surface area (Å²) in [6, 6.07) is 0. The fourth-order valence-corrected chi connectivity index (χ4v) is 2.60. The Bertz CT molecular complexity index is 348. The van der Waals surface area contributed by atoms with Crippen LogP contribution in [0.15, 0.2) is 0 Å². The second-order valence-corrected chi connectivity index (χ2v) is 9.57. The molecule has 0 aromatic rings. The Morgan fingerprint density at radius 3 is 1.14 bits per heavy atom. The van der Waals surface area contributed by atoms with E-state index in [-0.39, 0.29) is 42.0 Å². The van der Waals surface area contributed by atoms with Gasteiger partial charge in [-0.25, -0.2) is 0 Å². The fraction of sp³-hybridized carbons (Fsp3) is 1.00. The highest BCUT2D eigenvalue weighted by Crippen LogP contribution is 2.17. The van der Waals surface area contributed by atoms with Crippen molar-refractivity contribution in [2.75, 3.05) is 39.6 Å². The molecule has 0 aliphatic carbocycles. The second-order valence-electron chi connectivity index (χ2n) is 9.57. The maximum absolute atomic E-state index is 5.95. The van der Waals surface area contributed by atoms with Gasteiger partial charge in [-0.05, 0) is 55.4 Å². The van der Waals surface area contributed by atoms with E-state index in [4.69, 9.17) is 28.4 Å². The van der Waals surface area contributed by atoms with Gasteiger partial charge >= 0.3 is 0 Å². The summed E-state index contributed by atoms with van der Waals surface area (Å²) in [4.78, 5) is 0. The summed E-state index contributed by atoms with van der Waals surface area (Å²) in [5.41, 5.74) is -0.109. The van der Waals surface area contributed by atoms with Crippen LogP contribution < -0.4 is 0 Å². The number of hydrogen-bond acceptors (Lipinski definition) is 6. The predicted molar refractivity (Wildman–Crippen MR) is 118 cm³/mol. The van der Waals surface area contributed by atoms with Crippen molar-refractivity contribution in [1.29, 1.82) is 0 Å². The van der Waals surface area contributed by atoms with E-state index in [1.807, 2.05) is 55.4 Å². The van der Waals surface area contributed by atoms with Crippen molar-refractivity contribution in [2.24, 2.45) is 5.41 Å². The number of hydrogen-bond donors (Lipinski definition) is 0. The molecule has 0 rings (SSSR count). The summed E-state index contributed by atoms with van der Waals surface area (Å²) >= 11 is 0. The van der Waals surface area contributed by atoms with Crippen molar-refractivity contribution in [2.45, 2.75) is 106 Å². The first kappa shape index (κ1) is 28.8. The van der Waals surface area contributed by atoms with E-state index in [0.717, 1.165) is 0 Å². The van der Waals surface area contributed by atoms with Crippen LogP contribution in [-0.4, -0.2) is 76.3 Å². The van der Waals surface area contributed by atoms with Gasteiger partial charge in [0.1, 0.15) is 12.2 Å². The van der Waals surface area contributed by atoms with Crippen molar-refractivity contribution in [3.63, 3.8) is 0 Å². The molecule has 0 spiro atoms. The van der Waals surface area contributed by atoms with Gasteiger partial charge in [-0.1, -0.05) is 13.8 Å². The number of rotatable bonds is 18. The van der Waals surface area contributed by atoms with Crippen molar-refractivity contribution >= 4 is 0 Å². The SMILES string of the molecule is CC(C)OCC(COCC(C)(C)COCC(COC(C)C)OC(C)C)OC(C)C. The summed E-state index contributed by atoms with van der Waals surface area (Å²) in [6.07, 6.45) is 0.512. The Balaban J connectivity index is 4.32. The van der Waals surface area contributed by atoms with Crippen molar-refractivity contribution < 1.29 is 28.4 Å². The van der Waals surface area contributed by atoms with Crippen LogP contribution in [-0.2, 0) is 28.4 Å². The molecule has 0 amide bonds. The van der Waals surface area contributed by atoms with Crippen molar-refractivity contribution in [3.05, 3.63) is 0 Å². The first-order valence-corrected chi connectivity index (χ1v) is 11.1. The van der Waals surface area contributed by atoms with Gasteiger partial charge in [-0.15, -0.1) is 0 Å². The molecule has 0 aliphatic rings. The lowest BCUT2D eigenvalue weighted by molar-refractivity contribution is -0.115. The lowest BCUT2D eigenvalue weighted by Crippen LogP contribution is -2.34. The van der Waals surface area contributed by atoms with E-state index in [1.54, 1.807) is 0 Å². The first-order valence-electron chi connectivity index (χ1n) is 11.1. The Morgan fingerprint density at radius 2 is 0.862 bits per heavy atom. The van der Waals surface area contributed by atoms with Gasteiger partial charge in [-0.3, -0.25) is 0 Å². The molecule has 0 saturated carbocycles. The molecule has 0 N–H and O–H groups in total. The molecule has 6 heteroatoms. The highest BCUT2D eigenvalue weighted by Gasteiger charge is 2.22. The Labute approximate surface area is 179 Å². The van der Waals surface area contributed by atoms with Crippen LogP contribution in [0.1, 0.15) is 69.2 Å². The molecule has 176 valence electrons. The van der Waals surface area contributed by atoms with E-state index in [1.165, 1.54) is 0 Å². The third kappa shape index (κ3) is 18.3. The van der Waals surface area contributed by atoms with Crippen LogP contribution in [0.25, 0.3) is 0 Å². The van der Waals surface area contributed by atoms with Gasteiger partial charge in [-0.2, -0.15) is 0 Å². The fourth-order valence-electron chi connectivity index (χ4n) is 2.60. The molecule has 6 nitrogen and oxygen atoms in total. The molecular weight excluding hydrogens is 372 g/mol. The standard InChI is InChI=1S/C23H48O6/c1-17(2)26-13-21(28-19(5)6)11-24-15-23(9,10)16-25-12-22(29-20(7)8)14-27-18(3)4/h17-22H,11-16H2,1-10H3. The molecule has 0 aromatic carbocycles. The van der Waals surface area contributed by atoms with E-state index < -0.39 is 0 Å². The van der Waals surface area contributed by atoms with Gasteiger partial charge in [0.2, 0.25) is 0 Å². The Kier molecular flexibility index (Phi) is 15.4. The molecule has 0 radical (unpaired) electrons. The van der Waals surface area contributed by atoms with Crippen LogP contribution in [0.4, 0.5) is 0 Å². The van der Waals surface area contributed by atoms with Crippen LogP contribution in [0.3, 0.4) is 0 Å². The molecule has 0 heterocycles. The predicted octanol–water partition coefficient (Wildman–Crippen LogP) is 4.48. The summed E-state index contributed by atoms with van der Waals surface area (Å²) in [6.45, 7) is 23.8. The van der Waals surface area contributed by atoms with E-state index in [9.17, 15) is 0 Å². The molecule has 0 aromatic heterocycles. The Morgan fingerprint density at radius 1 is 0.517 bits per heavy atom. The summed E-state index contributed by atoms with van der Waals surface area (Å²) in [5.74, 6) is 0. The quantitative estimate of drug-likeness (QED) is 0.326. The molecular formula is C23H48O6. The van der Waals surface area contributed by atoms with Crippen molar-refractivity contribution in [3.8, 4) is 0 Å². The maximum atomic E-state index is 5.95. The average Bonchev–Trinajstić information content (AvgIpc) is 2.55. The van der Waals surface area contributed by atoms with Crippen LogP contribution in [0.5, 0.6) is 0 Å². The van der Waals surface area contributed by atoms with Crippen molar-refractivity contribution in [1.82, 2.24) is 0 Å². The maximum Gasteiger partial charge on any atom is 0.104 e. The van der Waals surface area contributed by atoms with Crippen LogP contribution in [0, 0.1) is 5.41 Å². The molecule has 0 saturated heterocycles. The zero-order valence-electron chi connectivity index (χ0n) is 20.7. The third-order valence-corrected chi connectivity index (χ3v) is 3.75. The monoisotopic (exact) mass is 420 g/mol. The molecule has 2 unspecified atom stereocenters. The molecule has 29 heavy (non-hydrogen) atoms. The minimum atomic E-state index is -0.109. The largest absolute Gasteiger partial charge is 0.378 e. The van der Waals surface area contributed by atoms with Gasteiger partial charge in [0.05, 0.1) is 64.1 Å². The smallest absolute Gasteiger partial charge is 0.104 e. The highest BCUT2D eigenvalue weighted by molar-refractivity contribution is 4.69. The average molecular weight is 421 g/mol. The molecule has 2 atom stereocenters. The first-order chi connectivity index (χ1) is 13.4. The zero-order chi connectivity index (χ0) is 22.4.